The van der Waals surface area contributed by atoms with Crippen molar-refractivity contribution in [1.29, 1.82) is 0 Å². The second-order valence-electron chi connectivity index (χ2n) is 7.17. The van der Waals surface area contributed by atoms with Crippen LogP contribution in [0.3, 0.4) is 0 Å². The highest BCUT2D eigenvalue weighted by Gasteiger charge is 2.21. The van der Waals surface area contributed by atoms with Crippen molar-refractivity contribution < 1.29 is 9.72 Å². The van der Waals surface area contributed by atoms with Gasteiger partial charge >= 0.3 is 5.69 Å². The van der Waals surface area contributed by atoms with E-state index in [1.54, 1.807) is 42.8 Å². The van der Waals surface area contributed by atoms with Gasteiger partial charge in [0.05, 0.1) is 11.5 Å². The van der Waals surface area contributed by atoms with E-state index in [9.17, 15) is 14.9 Å². The molecule has 0 spiro atoms. The zero-order chi connectivity index (χ0) is 21.0. The van der Waals surface area contributed by atoms with Crippen molar-refractivity contribution in [2.75, 3.05) is 0 Å². The number of aromatic nitrogens is 2. The molecule has 0 radical (unpaired) electrons. The van der Waals surface area contributed by atoms with Gasteiger partial charge in [-0.3, -0.25) is 30.4 Å². The summed E-state index contributed by atoms with van der Waals surface area (Å²) in [6.45, 7) is 3.68. The van der Waals surface area contributed by atoms with Gasteiger partial charge in [-0.15, -0.1) is 0 Å². The lowest BCUT2D eigenvalue weighted by molar-refractivity contribution is -0.386. The maximum Gasteiger partial charge on any atom is 0.312 e. The Labute approximate surface area is 174 Å². The molecule has 10 heteroatoms. The Balaban J connectivity index is 1.55. The van der Waals surface area contributed by atoms with Gasteiger partial charge in [0.15, 0.2) is 5.11 Å². The van der Waals surface area contributed by atoms with Crippen LogP contribution in [0.1, 0.15) is 53.0 Å². The van der Waals surface area contributed by atoms with Gasteiger partial charge in [0, 0.05) is 11.6 Å². The zero-order valence-electron chi connectivity index (χ0n) is 16.4. The fourth-order valence-electron chi connectivity index (χ4n) is 3.52. The molecule has 3 N–H and O–H groups in total. The van der Waals surface area contributed by atoms with E-state index < -0.39 is 4.92 Å². The third kappa shape index (κ3) is 5.08. The van der Waals surface area contributed by atoms with E-state index in [0.717, 1.165) is 18.4 Å². The molecule has 1 aliphatic carbocycles. The summed E-state index contributed by atoms with van der Waals surface area (Å²) in [4.78, 5) is 23.0. The molecule has 0 unspecified atom stereocenters. The maximum atomic E-state index is 12.3. The second-order valence-corrected chi connectivity index (χ2v) is 7.57. The van der Waals surface area contributed by atoms with Crippen molar-refractivity contribution in [3.63, 3.8) is 0 Å². The van der Waals surface area contributed by atoms with Crippen molar-refractivity contribution in [2.24, 2.45) is 0 Å². The molecule has 9 nitrogen and oxygen atoms in total. The zero-order valence-corrected chi connectivity index (χ0v) is 17.2. The van der Waals surface area contributed by atoms with Gasteiger partial charge in [-0.2, -0.15) is 5.10 Å². The molecule has 2 aromatic rings. The van der Waals surface area contributed by atoms with Crippen LogP contribution in [0.15, 0.2) is 24.3 Å². The molecule has 29 heavy (non-hydrogen) atoms. The van der Waals surface area contributed by atoms with Crippen LogP contribution in [-0.4, -0.2) is 31.8 Å². The second kappa shape index (κ2) is 8.99. The molecule has 3 rings (SSSR count). The number of thiocarbonyl (C=S) groups is 1. The Kier molecular flexibility index (Phi) is 6.42. The highest BCUT2D eigenvalue weighted by atomic mass is 32.1. The Morgan fingerprint density at radius 1 is 1.24 bits per heavy atom. The molecular formula is C19H24N6O3S. The van der Waals surface area contributed by atoms with Gasteiger partial charge in [0.1, 0.15) is 11.4 Å². The first-order valence-electron chi connectivity index (χ1n) is 9.49. The molecule has 1 aliphatic rings. The Bertz CT molecular complexity index is 919. The number of carbonyl (C=O) groups is 1. The SMILES string of the molecule is Cc1nn(Cc2ccc(C(=O)NNC(=S)NC3CCCC3)cc2)c(C)c1[N+](=O)[O-]. The third-order valence-electron chi connectivity index (χ3n) is 5.05. The minimum absolute atomic E-state index is 0.0363. The number of nitro groups is 1. The van der Waals surface area contributed by atoms with Gasteiger partial charge in [0.25, 0.3) is 5.91 Å². The Morgan fingerprint density at radius 2 is 1.90 bits per heavy atom. The lowest BCUT2D eigenvalue weighted by Gasteiger charge is -2.16. The van der Waals surface area contributed by atoms with E-state index in [4.69, 9.17) is 12.2 Å². The number of benzene rings is 1. The van der Waals surface area contributed by atoms with Crippen LogP contribution >= 0.6 is 12.2 Å². The van der Waals surface area contributed by atoms with Crippen LogP contribution in [0, 0.1) is 24.0 Å². The van der Waals surface area contributed by atoms with Crippen LogP contribution in [0.2, 0.25) is 0 Å². The maximum absolute atomic E-state index is 12.3. The van der Waals surface area contributed by atoms with Crippen LogP contribution in [0.25, 0.3) is 0 Å². The Morgan fingerprint density at radius 3 is 2.48 bits per heavy atom. The summed E-state index contributed by atoms with van der Waals surface area (Å²) in [5, 5.41) is 19.0. The van der Waals surface area contributed by atoms with E-state index in [-0.39, 0.29) is 11.6 Å². The summed E-state index contributed by atoms with van der Waals surface area (Å²) in [5.41, 5.74) is 7.60. The number of rotatable bonds is 5. The summed E-state index contributed by atoms with van der Waals surface area (Å²) in [6.07, 6.45) is 4.58. The van der Waals surface area contributed by atoms with Crippen LogP contribution < -0.4 is 16.2 Å². The van der Waals surface area contributed by atoms with E-state index in [0.29, 0.717) is 34.7 Å². The first kappa shape index (κ1) is 20.7. The molecule has 0 atom stereocenters. The first-order chi connectivity index (χ1) is 13.8. The highest BCUT2D eigenvalue weighted by Crippen LogP contribution is 2.22. The standard InChI is InChI=1S/C19H24N6O3S/c1-12-17(25(27)28)13(2)24(23-12)11-14-7-9-15(10-8-14)18(26)21-22-19(29)20-16-5-3-4-6-16/h7-10,16H,3-6,11H2,1-2H3,(H,21,26)(H2,20,22,29). The van der Waals surface area contributed by atoms with Crippen molar-refractivity contribution in [1.82, 2.24) is 25.9 Å². The van der Waals surface area contributed by atoms with Gasteiger partial charge in [-0.05, 0) is 56.6 Å². The average Bonchev–Trinajstić information content (AvgIpc) is 3.28. The monoisotopic (exact) mass is 416 g/mol. The molecule has 154 valence electrons. The number of hydrazine groups is 1. The third-order valence-corrected chi connectivity index (χ3v) is 5.27. The van der Waals surface area contributed by atoms with Gasteiger partial charge < -0.3 is 5.32 Å². The summed E-state index contributed by atoms with van der Waals surface area (Å²) in [7, 11) is 0. The molecule has 1 heterocycles. The number of carbonyl (C=O) groups excluding carboxylic acids is 1. The lowest BCUT2D eigenvalue weighted by Crippen LogP contribution is -2.49. The summed E-state index contributed by atoms with van der Waals surface area (Å²) in [5.74, 6) is -0.297. The number of amides is 1. The number of hydrogen-bond donors (Lipinski definition) is 3. The van der Waals surface area contributed by atoms with E-state index in [1.165, 1.54) is 12.8 Å². The minimum atomic E-state index is -0.416. The van der Waals surface area contributed by atoms with Crippen molar-refractivity contribution in [2.45, 2.75) is 52.1 Å². The highest BCUT2D eigenvalue weighted by molar-refractivity contribution is 7.80. The summed E-state index contributed by atoms with van der Waals surface area (Å²) < 4.78 is 1.59. The molecule has 0 aliphatic heterocycles. The van der Waals surface area contributed by atoms with E-state index in [2.05, 4.69) is 21.3 Å². The quantitative estimate of drug-likeness (QED) is 0.390. The van der Waals surface area contributed by atoms with Crippen molar-refractivity contribution in [3.8, 4) is 0 Å². The predicted octanol–water partition coefficient (Wildman–Crippen LogP) is 2.51. The molecule has 1 fully saturated rings. The largest absolute Gasteiger partial charge is 0.359 e. The molecule has 1 aromatic heterocycles. The van der Waals surface area contributed by atoms with E-state index >= 15 is 0 Å². The van der Waals surface area contributed by atoms with E-state index in [1.807, 2.05) is 0 Å². The smallest absolute Gasteiger partial charge is 0.312 e. The normalized spacial score (nSPS) is 13.9. The number of aryl methyl sites for hydroxylation is 1. The molecular weight excluding hydrogens is 392 g/mol. The molecule has 1 amide bonds. The molecule has 1 aromatic carbocycles. The molecule has 0 saturated heterocycles. The van der Waals surface area contributed by atoms with Crippen molar-refractivity contribution >= 4 is 28.9 Å². The van der Waals surface area contributed by atoms with Gasteiger partial charge in [-0.1, -0.05) is 25.0 Å². The van der Waals surface area contributed by atoms with Gasteiger partial charge in [-0.25, -0.2) is 0 Å². The average molecular weight is 417 g/mol. The molecule has 1 saturated carbocycles. The van der Waals surface area contributed by atoms with Gasteiger partial charge in [0.2, 0.25) is 0 Å². The number of hydrogen-bond acceptors (Lipinski definition) is 5. The fourth-order valence-corrected chi connectivity index (χ4v) is 3.74. The first-order valence-corrected chi connectivity index (χ1v) is 9.90. The number of nitrogens with zero attached hydrogens (tertiary/aromatic N) is 3. The number of nitrogens with one attached hydrogen (secondary N) is 3. The lowest BCUT2D eigenvalue weighted by atomic mass is 10.1. The van der Waals surface area contributed by atoms with Crippen LogP contribution in [0.5, 0.6) is 0 Å². The topological polar surface area (TPSA) is 114 Å². The van der Waals surface area contributed by atoms with Crippen LogP contribution in [-0.2, 0) is 6.54 Å². The molecule has 0 bridgehead atoms. The Hall–Kier alpha value is -3.01. The summed E-state index contributed by atoms with van der Waals surface area (Å²) >= 11 is 5.20. The van der Waals surface area contributed by atoms with Crippen molar-refractivity contribution in [3.05, 3.63) is 56.9 Å². The fraction of sp³-hybridized carbons (Fsp3) is 0.421. The van der Waals surface area contributed by atoms with Crippen LogP contribution in [0.4, 0.5) is 5.69 Å². The minimum Gasteiger partial charge on any atom is -0.359 e. The predicted molar refractivity (Wildman–Crippen MR) is 112 cm³/mol. The summed E-state index contributed by atoms with van der Waals surface area (Å²) in [6, 6.07) is 7.36.